The lowest BCUT2D eigenvalue weighted by atomic mass is 10.2. The zero-order chi connectivity index (χ0) is 16.3. The number of likely N-dealkylation sites (N-methyl/N-ethyl adjacent to an activating group) is 1. The Kier molecular flexibility index (Phi) is 5.39. The number of amides is 3. The minimum atomic E-state index is -0.566. The SMILES string of the molecule is CC(C)NC(=O)C(=O)N1CCN(C(=O)CN(C)C2CC2)CC1. The van der Waals surface area contributed by atoms with Crippen LogP contribution in [0.25, 0.3) is 0 Å². The van der Waals surface area contributed by atoms with Crippen molar-refractivity contribution in [2.45, 2.75) is 38.8 Å². The molecule has 0 spiro atoms. The first-order chi connectivity index (χ1) is 10.4. The summed E-state index contributed by atoms with van der Waals surface area (Å²) in [5.74, 6) is -0.965. The predicted octanol–water partition coefficient (Wildman–Crippen LogP) is -0.724. The molecule has 0 aromatic carbocycles. The van der Waals surface area contributed by atoms with Crippen molar-refractivity contribution in [3.8, 4) is 0 Å². The number of rotatable bonds is 4. The summed E-state index contributed by atoms with van der Waals surface area (Å²) in [5, 5.41) is 2.60. The van der Waals surface area contributed by atoms with E-state index in [9.17, 15) is 14.4 Å². The molecule has 2 fully saturated rings. The molecule has 2 aliphatic rings. The average molecular weight is 310 g/mol. The number of hydrogen-bond donors (Lipinski definition) is 1. The molecule has 0 radical (unpaired) electrons. The lowest BCUT2D eigenvalue weighted by molar-refractivity contribution is -0.148. The number of piperazine rings is 1. The van der Waals surface area contributed by atoms with Gasteiger partial charge in [0.1, 0.15) is 0 Å². The molecule has 22 heavy (non-hydrogen) atoms. The summed E-state index contributed by atoms with van der Waals surface area (Å²) in [4.78, 5) is 41.3. The zero-order valence-corrected chi connectivity index (χ0v) is 13.7. The van der Waals surface area contributed by atoms with Crippen LogP contribution in [0.15, 0.2) is 0 Å². The van der Waals surface area contributed by atoms with Crippen LogP contribution < -0.4 is 5.32 Å². The van der Waals surface area contributed by atoms with Crippen LogP contribution in [0.1, 0.15) is 26.7 Å². The highest BCUT2D eigenvalue weighted by Crippen LogP contribution is 2.25. The Balaban J connectivity index is 1.76. The van der Waals surface area contributed by atoms with Crippen LogP contribution in [0.4, 0.5) is 0 Å². The van der Waals surface area contributed by atoms with Gasteiger partial charge in [-0.05, 0) is 33.7 Å². The number of hydrogen-bond acceptors (Lipinski definition) is 4. The largest absolute Gasteiger partial charge is 0.346 e. The second kappa shape index (κ2) is 7.09. The molecular formula is C15H26N4O3. The number of nitrogens with one attached hydrogen (secondary N) is 1. The van der Waals surface area contributed by atoms with Gasteiger partial charge in [-0.2, -0.15) is 0 Å². The van der Waals surface area contributed by atoms with Gasteiger partial charge >= 0.3 is 11.8 Å². The molecule has 7 heteroatoms. The first kappa shape index (κ1) is 16.7. The first-order valence-corrected chi connectivity index (χ1v) is 7.96. The molecule has 0 aromatic heterocycles. The maximum atomic E-state index is 12.2. The Morgan fingerprint density at radius 1 is 1.09 bits per heavy atom. The summed E-state index contributed by atoms with van der Waals surface area (Å²) in [7, 11) is 1.98. The molecule has 0 atom stereocenters. The third kappa shape index (κ3) is 4.43. The summed E-state index contributed by atoms with van der Waals surface area (Å²) in [6.45, 7) is 5.91. The predicted molar refractivity (Wildman–Crippen MR) is 82.1 cm³/mol. The van der Waals surface area contributed by atoms with Gasteiger partial charge in [-0.3, -0.25) is 19.3 Å². The van der Waals surface area contributed by atoms with E-state index in [0.29, 0.717) is 38.8 Å². The van der Waals surface area contributed by atoms with Crippen molar-refractivity contribution in [1.82, 2.24) is 20.0 Å². The fourth-order valence-corrected chi connectivity index (χ4v) is 2.58. The van der Waals surface area contributed by atoms with Crippen molar-refractivity contribution in [3.05, 3.63) is 0 Å². The molecule has 0 aromatic rings. The summed E-state index contributed by atoms with van der Waals surface area (Å²) in [5.41, 5.74) is 0. The van der Waals surface area contributed by atoms with Gasteiger partial charge < -0.3 is 15.1 Å². The van der Waals surface area contributed by atoms with Crippen LogP contribution in [0.3, 0.4) is 0 Å². The van der Waals surface area contributed by atoms with E-state index in [-0.39, 0.29) is 11.9 Å². The highest BCUT2D eigenvalue weighted by molar-refractivity contribution is 6.35. The van der Waals surface area contributed by atoms with Crippen molar-refractivity contribution < 1.29 is 14.4 Å². The van der Waals surface area contributed by atoms with E-state index in [1.54, 1.807) is 4.90 Å². The second-order valence-electron chi connectivity index (χ2n) is 6.45. The zero-order valence-electron chi connectivity index (χ0n) is 13.7. The van der Waals surface area contributed by atoms with Gasteiger partial charge in [0.25, 0.3) is 0 Å². The van der Waals surface area contributed by atoms with Crippen LogP contribution in [-0.4, -0.2) is 84.3 Å². The molecule has 7 nitrogen and oxygen atoms in total. The van der Waals surface area contributed by atoms with Gasteiger partial charge in [0.2, 0.25) is 5.91 Å². The molecule has 1 aliphatic heterocycles. The minimum absolute atomic E-state index is 0.0581. The number of carbonyl (C=O) groups is 3. The first-order valence-electron chi connectivity index (χ1n) is 7.96. The van der Waals surface area contributed by atoms with Crippen LogP contribution in [-0.2, 0) is 14.4 Å². The molecule has 1 saturated carbocycles. The topological polar surface area (TPSA) is 73.0 Å². The molecule has 1 heterocycles. The molecule has 3 amide bonds. The van der Waals surface area contributed by atoms with Gasteiger partial charge in [-0.25, -0.2) is 0 Å². The monoisotopic (exact) mass is 310 g/mol. The quantitative estimate of drug-likeness (QED) is 0.695. The molecular weight excluding hydrogens is 284 g/mol. The van der Waals surface area contributed by atoms with E-state index in [1.807, 2.05) is 20.9 Å². The van der Waals surface area contributed by atoms with Crippen LogP contribution in [0.5, 0.6) is 0 Å². The fraction of sp³-hybridized carbons (Fsp3) is 0.800. The standard InChI is InChI=1S/C15H26N4O3/c1-11(2)16-14(21)15(22)19-8-6-18(7-9-19)13(20)10-17(3)12-4-5-12/h11-12H,4-10H2,1-3H3,(H,16,21). The van der Waals surface area contributed by atoms with Gasteiger partial charge in [0.15, 0.2) is 0 Å². The Bertz CT molecular complexity index is 440. The molecule has 1 aliphatic carbocycles. The van der Waals surface area contributed by atoms with Gasteiger partial charge in [-0.1, -0.05) is 0 Å². The summed E-state index contributed by atoms with van der Waals surface area (Å²) >= 11 is 0. The average Bonchev–Trinajstić information content (AvgIpc) is 3.30. The molecule has 1 N–H and O–H groups in total. The van der Waals surface area contributed by atoms with Crippen molar-refractivity contribution in [2.75, 3.05) is 39.8 Å². The lowest BCUT2D eigenvalue weighted by Gasteiger charge is -2.35. The van der Waals surface area contributed by atoms with Crippen LogP contribution in [0.2, 0.25) is 0 Å². The van der Waals surface area contributed by atoms with E-state index in [0.717, 1.165) is 0 Å². The number of carbonyl (C=O) groups excluding carboxylic acids is 3. The minimum Gasteiger partial charge on any atom is -0.346 e. The molecule has 1 saturated heterocycles. The number of nitrogens with zero attached hydrogens (tertiary/aromatic N) is 3. The highest BCUT2D eigenvalue weighted by atomic mass is 16.2. The van der Waals surface area contributed by atoms with Crippen molar-refractivity contribution in [2.24, 2.45) is 0 Å². The van der Waals surface area contributed by atoms with Gasteiger partial charge in [-0.15, -0.1) is 0 Å². The second-order valence-corrected chi connectivity index (χ2v) is 6.45. The Morgan fingerprint density at radius 2 is 1.64 bits per heavy atom. The molecule has 0 bridgehead atoms. The van der Waals surface area contributed by atoms with Crippen molar-refractivity contribution in [1.29, 1.82) is 0 Å². The van der Waals surface area contributed by atoms with Crippen LogP contribution >= 0.6 is 0 Å². The van der Waals surface area contributed by atoms with E-state index in [2.05, 4.69) is 10.2 Å². The lowest BCUT2D eigenvalue weighted by Crippen LogP contribution is -2.55. The maximum absolute atomic E-state index is 12.2. The highest BCUT2D eigenvalue weighted by Gasteiger charge is 2.31. The van der Waals surface area contributed by atoms with E-state index >= 15 is 0 Å². The molecule has 0 unspecified atom stereocenters. The van der Waals surface area contributed by atoms with Crippen molar-refractivity contribution >= 4 is 17.7 Å². The molecule has 2 rings (SSSR count). The van der Waals surface area contributed by atoms with Crippen molar-refractivity contribution in [3.63, 3.8) is 0 Å². The molecule has 124 valence electrons. The maximum Gasteiger partial charge on any atom is 0.312 e. The van der Waals surface area contributed by atoms with Gasteiger partial charge in [0.05, 0.1) is 6.54 Å². The van der Waals surface area contributed by atoms with Gasteiger partial charge in [0, 0.05) is 38.3 Å². The summed E-state index contributed by atoms with van der Waals surface area (Å²) < 4.78 is 0. The third-order valence-corrected chi connectivity index (χ3v) is 4.09. The van der Waals surface area contributed by atoms with Crippen LogP contribution in [0, 0.1) is 0 Å². The Hall–Kier alpha value is -1.63. The Labute approximate surface area is 131 Å². The fourth-order valence-electron chi connectivity index (χ4n) is 2.58. The summed E-state index contributed by atoms with van der Waals surface area (Å²) in [6, 6.07) is 0.504. The smallest absolute Gasteiger partial charge is 0.312 e. The third-order valence-electron chi connectivity index (χ3n) is 4.09. The normalized spacial score (nSPS) is 18.8. The summed E-state index contributed by atoms with van der Waals surface area (Å²) in [6.07, 6.45) is 2.36. The van der Waals surface area contributed by atoms with E-state index in [1.165, 1.54) is 17.7 Å². The van der Waals surface area contributed by atoms with E-state index in [4.69, 9.17) is 0 Å². The van der Waals surface area contributed by atoms with E-state index < -0.39 is 11.8 Å². The Morgan fingerprint density at radius 3 is 2.14 bits per heavy atom.